The summed E-state index contributed by atoms with van der Waals surface area (Å²) in [5.41, 5.74) is 0. The number of halogens is 3. The molecule has 72 valence electrons. The first-order valence-electron chi connectivity index (χ1n) is 4.29. The highest BCUT2D eigenvalue weighted by molar-refractivity contribution is 5.85. The van der Waals surface area contributed by atoms with E-state index in [0.29, 0.717) is 12.5 Å². The Balaban J connectivity index is 0.000000720. The van der Waals surface area contributed by atoms with Gasteiger partial charge < -0.3 is 5.32 Å². The lowest BCUT2D eigenvalue weighted by Gasteiger charge is -2.30. The second-order valence-corrected chi connectivity index (χ2v) is 3.71. The molecule has 2 fully saturated rings. The highest BCUT2D eigenvalue weighted by Crippen LogP contribution is 2.39. The van der Waals surface area contributed by atoms with E-state index in [4.69, 9.17) is 0 Å². The molecule has 1 aliphatic carbocycles. The van der Waals surface area contributed by atoms with Gasteiger partial charge in [0.05, 0.1) is 0 Å². The van der Waals surface area contributed by atoms with E-state index in [2.05, 4.69) is 5.32 Å². The van der Waals surface area contributed by atoms with Crippen molar-refractivity contribution in [3.8, 4) is 0 Å². The van der Waals surface area contributed by atoms with Crippen molar-refractivity contribution in [2.24, 2.45) is 5.92 Å². The average Bonchev–Trinajstić information content (AvgIpc) is 2.65. The van der Waals surface area contributed by atoms with Crippen LogP contribution < -0.4 is 5.32 Å². The van der Waals surface area contributed by atoms with Crippen molar-refractivity contribution < 1.29 is 8.78 Å². The number of rotatable bonds is 1. The van der Waals surface area contributed by atoms with E-state index in [-0.39, 0.29) is 31.3 Å². The zero-order valence-electron chi connectivity index (χ0n) is 6.85. The minimum Gasteiger partial charge on any atom is -0.313 e. The zero-order valence-corrected chi connectivity index (χ0v) is 7.67. The summed E-state index contributed by atoms with van der Waals surface area (Å²) in [6, 6.07) is 0.110. The molecule has 1 nitrogen and oxygen atoms in total. The van der Waals surface area contributed by atoms with Gasteiger partial charge in [0.2, 0.25) is 0 Å². The third-order valence-corrected chi connectivity index (χ3v) is 2.61. The van der Waals surface area contributed by atoms with Crippen LogP contribution in [0.25, 0.3) is 0 Å². The molecule has 0 spiro atoms. The quantitative estimate of drug-likeness (QED) is 0.680. The SMILES string of the molecule is Cl.FC1(F)CCNC(C2CC2)C1. The van der Waals surface area contributed by atoms with Crippen LogP contribution in [0, 0.1) is 5.92 Å². The largest absolute Gasteiger partial charge is 0.313 e. The van der Waals surface area contributed by atoms with Crippen molar-refractivity contribution in [3.05, 3.63) is 0 Å². The zero-order chi connectivity index (χ0) is 7.90. The maximum absolute atomic E-state index is 12.8. The third-order valence-electron chi connectivity index (χ3n) is 2.61. The van der Waals surface area contributed by atoms with Crippen LogP contribution in [-0.4, -0.2) is 18.5 Å². The molecule has 1 heterocycles. The van der Waals surface area contributed by atoms with Gasteiger partial charge in [0.1, 0.15) is 0 Å². The van der Waals surface area contributed by atoms with E-state index in [1.54, 1.807) is 0 Å². The van der Waals surface area contributed by atoms with Crippen molar-refractivity contribution in [2.75, 3.05) is 6.54 Å². The third kappa shape index (κ3) is 2.30. The van der Waals surface area contributed by atoms with Gasteiger partial charge >= 0.3 is 0 Å². The molecule has 2 aliphatic rings. The van der Waals surface area contributed by atoms with Crippen LogP contribution in [0.1, 0.15) is 25.7 Å². The molecular formula is C8H14ClF2N. The van der Waals surface area contributed by atoms with E-state index >= 15 is 0 Å². The molecule has 1 saturated carbocycles. The van der Waals surface area contributed by atoms with Gasteiger partial charge in [-0.15, -0.1) is 12.4 Å². The van der Waals surface area contributed by atoms with E-state index in [9.17, 15) is 8.78 Å². The first kappa shape index (κ1) is 10.2. The van der Waals surface area contributed by atoms with Gasteiger partial charge in [-0.3, -0.25) is 0 Å². The predicted octanol–water partition coefficient (Wildman–Crippen LogP) is 2.21. The van der Waals surface area contributed by atoms with Crippen LogP contribution in [0.5, 0.6) is 0 Å². The Morgan fingerprint density at radius 1 is 1.25 bits per heavy atom. The molecular weight excluding hydrogens is 184 g/mol. The lowest BCUT2D eigenvalue weighted by atomic mass is 9.97. The van der Waals surface area contributed by atoms with E-state index in [1.807, 2.05) is 0 Å². The van der Waals surface area contributed by atoms with Crippen molar-refractivity contribution in [1.82, 2.24) is 5.32 Å². The molecule has 1 atom stereocenters. The van der Waals surface area contributed by atoms with Crippen LogP contribution in [-0.2, 0) is 0 Å². The number of hydrogen-bond acceptors (Lipinski definition) is 1. The smallest absolute Gasteiger partial charge is 0.250 e. The van der Waals surface area contributed by atoms with E-state index in [1.165, 1.54) is 0 Å². The molecule has 1 aliphatic heterocycles. The Bertz CT molecular complexity index is 159. The van der Waals surface area contributed by atoms with Gasteiger partial charge in [-0.2, -0.15) is 0 Å². The molecule has 1 N–H and O–H groups in total. The summed E-state index contributed by atoms with van der Waals surface area (Å²) < 4.78 is 25.6. The van der Waals surface area contributed by atoms with Crippen molar-refractivity contribution >= 4 is 12.4 Å². The fourth-order valence-corrected chi connectivity index (χ4v) is 1.77. The molecule has 0 bridgehead atoms. The molecule has 12 heavy (non-hydrogen) atoms. The molecule has 1 saturated heterocycles. The molecule has 1 unspecified atom stereocenters. The normalized spacial score (nSPS) is 34.0. The van der Waals surface area contributed by atoms with Gasteiger partial charge in [0, 0.05) is 25.4 Å². The summed E-state index contributed by atoms with van der Waals surface area (Å²) in [5, 5.41) is 3.16. The Labute approximate surface area is 77.3 Å². The van der Waals surface area contributed by atoms with Crippen LogP contribution in [0.4, 0.5) is 8.78 Å². The van der Waals surface area contributed by atoms with Crippen LogP contribution in [0.3, 0.4) is 0 Å². The maximum Gasteiger partial charge on any atom is 0.250 e. The number of piperidine rings is 1. The topological polar surface area (TPSA) is 12.0 Å². The lowest BCUT2D eigenvalue weighted by Crippen LogP contribution is -2.44. The first-order valence-corrected chi connectivity index (χ1v) is 4.29. The number of nitrogens with one attached hydrogen (secondary N) is 1. The summed E-state index contributed by atoms with van der Waals surface area (Å²) >= 11 is 0. The Kier molecular flexibility index (Phi) is 2.94. The summed E-state index contributed by atoms with van der Waals surface area (Å²) in [6.45, 7) is 0.494. The maximum atomic E-state index is 12.8. The molecule has 2 rings (SSSR count). The first-order chi connectivity index (χ1) is 5.17. The molecule has 0 aromatic carbocycles. The second-order valence-electron chi connectivity index (χ2n) is 3.71. The number of alkyl halides is 2. The summed E-state index contributed by atoms with van der Waals surface area (Å²) in [4.78, 5) is 0. The average molecular weight is 198 g/mol. The highest BCUT2D eigenvalue weighted by Gasteiger charge is 2.42. The minimum atomic E-state index is -2.39. The molecule has 0 radical (unpaired) electrons. The molecule has 4 heteroatoms. The Hall–Kier alpha value is 0.110. The lowest BCUT2D eigenvalue weighted by molar-refractivity contribution is -0.0436. The van der Waals surface area contributed by atoms with E-state index < -0.39 is 5.92 Å². The fraction of sp³-hybridized carbons (Fsp3) is 1.00. The predicted molar refractivity (Wildman–Crippen MR) is 45.9 cm³/mol. The molecule has 0 amide bonds. The highest BCUT2D eigenvalue weighted by atomic mass is 35.5. The monoisotopic (exact) mass is 197 g/mol. The van der Waals surface area contributed by atoms with Gasteiger partial charge in [-0.05, 0) is 18.8 Å². The van der Waals surface area contributed by atoms with E-state index in [0.717, 1.165) is 12.8 Å². The van der Waals surface area contributed by atoms with Crippen molar-refractivity contribution in [1.29, 1.82) is 0 Å². The van der Waals surface area contributed by atoms with Gasteiger partial charge in [-0.1, -0.05) is 0 Å². The fourth-order valence-electron chi connectivity index (χ4n) is 1.77. The number of hydrogen-bond donors (Lipinski definition) is 1. The van der Waals surface area contributed by atoms with Crippen LogP contribution in [0.15, 0.2) is 0 Å². The summed E-state index contributed by atoms with van der Waals surface area (Å²) in [7, 11) is 0. The summed E-state index contributed by atoms with van der Waals surface area (Å²) in [6.07, 6.45) is 2.38. The van der Waals surface area contributed by atoms with Gasteiger partial charge in [0.15, 0.2) is 0 Å². The minimum absolute atomic E-state index is 0. The van der Waals surface area contributed by atoms with Crippen molar-refractivity contribution in [2.45, 2.75) is 37.6 Å². The van der Waals surface area contributed by atoms with Gasteiger partial charge in [-0.25, -0.2) is 8.78 Å². The van der Waals surface area contributed by atoms with Crippen LogP contribution >= 0.6 is 12.4 Å². The summed E-state index contributed by atoms with van der Waals surface area (Å²) in [5.74, 6) is -1.83. The van der Waals surface area contributed by atoms with Crippen molar-refractivity contribution in [3.63, 3.8) is 0 Å². The standard InChI is InChI=1S/C8H13F2N.ClH/c9-8(10)3-4-11-7(5-8)6-1-2-6;/h6-7,11H,1-5H2;1H. The molecule has 0 aromatic rings. The molecule has 0 aromatic heterocycles. The Morgan fingerprint density at radius 2 is 1.92 bits per heavy atom. The second kappa shape index (κ2) is 3.46. The van der Waals surface area contributed by atoms with Gasteiger partial charge in [0.25, 0.3) is 5.92 Å². The van der Waals surface area contributed by atoms with Crippen LogP contribution in [0.2, 0.25) is 0 Å². The Morgan fingerprint density at radius 3 is 2.42 bits per heavy atom.